The molecule has 0 saturated heterocycles. The maximum Gasteiger partial charge on any atom is 0.260 e. The van der Waals surface area contributed by atoms with E-state index in [0.717, 1.165) is 6.42 Å². The summed E-state index contributed by atoms with van der Waals surface area (Å²) in [5, 5.41) is 0. The fraction of sp³-hybridized carbons (Fsp3) is 0.875. The summed E-state index contributed by atoms with van der Waals surface area (Å²) in [5.74, 6) is -0.0587. The summed E-state index contributed by atoms with van der Waals surface area (Å²) in [6.45, 7) is 6.20. The lowest BCUT2D eigenvalue weighted by Crippen LogP contribution is -2.44. The molecule has 2 atom stereocenters. The van der Waals surface area contributed by atoms with Crippen molar-refractivity contribution in [3.63, 3.8) is 0 Å². The first-order valence-corrected chi connectivity index (χ1v) is 4.30. The highest BCUT2D eigenvalue weighted by Gasteiger charge is 2.18. The highest BCUT2D eigenvalue weighted by molar-refractivity contribution is 5.80. The second-order valence-corrected chi connectivity index (χ2v) is 2.81. The molecule has 0 heterocycles. The second kappa shape index (κ2) is 5.97. The number of hydrogen-bond acceptors (Lipinski definition) is 3. The Balaban J connectivity index is 3.75. The monoisotopic (exact) mass is 174 g/mol. The van der Waals surface area contributed by atoms with Crippen molar-refractivity contribution in [3.05, 3.63) is 0 Å². The van der Waals surface area contributed by atoms with Crippen LogP contribution < -0.4 is 11.2 Å². The molecule has 1 amide bonds. The van der Waals surface area contributed by atoms with Crippen molar-refractivity contribution in [2.45, 2.75) is 33.2 Å². The van der Waals surface area contributed by atoms with Crippen LogP contribution in [0.4, 0.5) is 0 Å². The summed E-state index contributed by atoms with van der Waals surface area (Å²) >= 11 is 0. The first kappa shape index (κ1) is 11.4. The minimum atomic E-state index is -0.471. The number of carbonyl (C=O) groups is 1. The van der Waals surface area contributed by atoms with E-state index >= 15 is 0 Å². The van der Waals surface area contributed by atoms with Crippen molar-refractivity contribution >= 4 is 5.91 Å². The lowest BCUT2D eigenvalue weighted by molar-refractivity contribution is -0.135. The quantitative estimate of drug-likeness (QED) is 0.594. The van der Waals surface area contributed by atoms with Crippen molar-refractivity contribution in [1.82, 2.24) is 5.48 Å². The Morgan fingerprint density at radius 3 is 2.58 bits per heavy atom. The molecule has 0 spiro atoms. The molecule has 4 nitrogen and oxygen atoms in total. The minimum Gasteiger partial charge on any atom is -0.320 e. The summed E-state index contributed by atoms with van der Waals surface area (Å²) in [4.78, 5) is 15.9. The third kappa shape index (κ3) is 3.69. The zero-order chi connectivity index (χ0) is 9.56. The Kier molecular flexibility index (Phi) is 5.66. The van der Waals surface area contributed by atoms with E-state index in [1.807, 2.05) is 13.8 Å². The first-order chi connectivity index (χ1) is 5.63. The van der Waals surface area contributed by atoms with Crippen LogP contribution in [0.3, 0.4) is 0 Å². The van der Waals surface area contributed by atoms with Gasteiger partial charge in [-0.15, -0.1) is 0 Å². The van der Waals surface area contributed by atoms with Gasteiger partial charge in [-0.2, -0.15) is 0 Å². The third-order valence-corrected chi connectivity index (χ3v) is 1.88. The van der Waals surface area contributed by atoms with Gasteiger partial charge in [-0.05, 0) is 12.8 Å². The highest BCUT2D eigenvalue weighted by atomic mass is 16.6. The molecule has 12 heavy (non-hydrogen) atoms. The van der Waals surface area contributed by atoms with Crippen LogP contribution in [0, 0.1) is 5.92 Å². The van der Waals surface area contributed by atoms with Gasteiger partial charge in [0, 0.05) is 0 Å². The lowest BCUT2D eigenvalue weighted by atomic mass is 10.00. The van der Waals surface area contributed by atoms with Gasteiger partial charge in [-0.1, -0.05) is 20.3 Å². The van der Waals surface area contributed by atoms with Crippen LogP contribution >= 0.6 is 0 Å². The summed E-state index contributed by atoms with van der Waals surface area (Å²) in [6.07, 6.45) is 0.890. The molecule has 3 N–H and O–H groups in total. The van der Waals surface area contributed by atoms with E-state index in [-0.39, 0.29) is 11.8 Å². The largest absolute Gasteiger partial charge is 0.320 e. The number of hydroxylamine groups is 1. The van der Waals surface area contributed by atoms with Crippen LogP contribution in [-0.2, 0) is 9.63 Å². The van der Waals surface area contributed by atoms with Gasteiger partial charge in [-0.3, -0.25) is 9.63 Å². The zero-order valence-electron chi connectivity index (χ0n) is 7.96. The molecule has 0 bridgehead atoms. The van der Waals surface area contributed by atoms with Crippen LogP contribution in [-0.4, -0.2) is 18.6 Å². The van der Waals surface area contributed by atoms with Gasteiger partial charge >= 0.3 is 0 Å². The molecule has 0 aromatic rings. The first-order valence-electron chi connectivity index (χ1n) is 4.30. The zero-order valence-corrected chi connectivity index (χ0v) is 7.96. The maximum atomic E-state index is 11.1. The van der Waals surface area contributed by atoms with E-state index in [9.17, 15) is 4.79 Å². The van der Waals surface area contributed by atoms with Crippen molar-refractivity contribution in [1.29, 1.82) is 0 Å². The Morgan fingerprint density at radius 1 is 1.58 bits per heavy atom. The Morgan fingerprint density at radius 2 is 2.17 bits per heavy atom. The van der Waals surface area contributed by atoms with Gasteiger partial charge in [0.15, 0.2) is 0 Å². The van der Waals surface area contributed by atoms with E-state index in [0.29, 0.717) is 6.61 Å². The van der Waals surface area contributed by atoms with Crippen molar-refractivity contribution in [3.8, 4) is 0 Å². The predicted octanol–water partition coefficient (Wildman–Crippen LogP) is 0.427. The van der Waals surface area contributed by atoms with Gasteiger partial charge in [0.25, 0.3) is 5.91 Å². The van der Waals surface area contributed by atoms with Crippen LogP contribution in [0.1, 0.15) is 27.2 Å². The molecule has 0 fully saturated rings. The molecule has 0 aromatic heterocycles. The third-order valence-electron chi connectivity index (χ3n) is 1.88. The fourth-order valence-corrected chi connectivity index (χ4v) is 0.724. The number of hydrogen-bond donors (Lipinski definition) is 2. The molecule has 0 unspecified atom stereocenters. The average molecular weight is 174 g/mol. The molecular weight excluding hydrogens is 156 g/mol. The molecule has 0 radical (unpaired) electrons. The number of carbonyl (C=O) groups excluding carboxylic acids is 1. The molecule has 0 aromatic carbocycles. The molecule has 0 saturated carbocycles. The van der Waals surface area contributed by atoms with Crippen LogP contribution in [0.5, 0.6) is 0 Å². The number of rotatable bonds is 5. The summed E-state index contributed by atoms with van der Waals surface area (Å²) < 4.78 is 0. The molecule has 72 valence electrons. The average Bonchev–Trinajstić information content (AvgIpc) is 2.11. The number of nitrogens with two attached hydrogens (primary N) is 1. The van der Waals surface area contributed by atoms with Crippen molar-refractivity contribution in [2.75, 3.05) is 6.61 Å². The topological polar surface area (TPSA) is 64.3 Å². The molecule has 0 aliphatic heterocycles. The van der Waals surface area contributed by atoms with Gasteiger partial charge in [-0.25, -0.2) is 5.48 Å². The molecule has 4 heteroatoms. The van der Waals surface area contributed by atoms with Gasteiger partial charge in [0.05, 0.1) is 12.6 Å². The Labute approximate surface area is 73.4 Å². The standard InChI is InChI=1S/C8H18N2O2/c1-4-6(3)7(9)8(11)10-12-5-2/h6-7H,4-5,9H2,1-3H3,(H,10,11)/t6-,7-/m0/s1. The second-order valence-electron chi connectivity index (χ2n) is 2.81. The van der Waals surface area contributed by atoms with Crippen LogP contribution in [0.25, 0.3) is 0 Å². The maximum absolute atomic E-state index is 11.1. The molecule has 0 aliphatic carbocycles. The highest BCUT2D eigenvalue weighted by Crippen LogP contribution is 2.04. The number of amides is 1. The fourth-order valence-electron chi connectivity index (χ4n) is 0.724. The van der Waals surface area contributed by atoms with E-state index in [1.54, 1.807) is 6.92 Å². The Bertz CT molecular complexity index is 139. The molecule has 0 rings (SSSR count). The van der Waals surface area contributed by atoms with Crippen molar-refractivity contribution in [2.24, 2.45) is 11.7 Å². The van der Waals surface area contributed by atoms with Gasteiger partial charge in [0.2, 0.25) is 0 Å². The smallest absolute Gasteiger partial charge is 0.260 e. The van der Waals surface area contributed by atoms with Crippen molar-refractivity contribution < 1.29 is 9.63 Å². The predicted molar refractivity (Wildman–Crippen MR) is 47.2 cm³/mol. The summed E-state index contributed by atoms with van der Waals surface area (Å²) in [6, 6.07) is -0.471. The van der Waals surface area contributed by atoms with Gasteiger partial charge < -0.3 is 5.73 Å². The van der Waals surface area contributed by atoms with E-state index in [2.05, 4.69) is 5.48 Å². The normalized spacial score (nSPS) is 15.3. The molecule has 0 aliphatic rings. The lowest BCUT2D eigenvalue weighted by Gasteiger charge is -2.16. The minimum absolute atomic E-state index is 0.186. The van der Waals surface area contributed by atoms with Crippen LogP contribution in [0.2, 0.25) is 0 Å². The van der Waals surface area contributed by atoms with Gasteiger partial charge in [0.1, 0.15) is 0 Å². The van der Waals surface area contributed by atoms with E-state index in [4.69, 9.17) is 10.6 Å². The van der Waals surface area contributed by atoms with E-state index < -0.39 is 6.04 Å². The molecular formula is C8H18N2O2. The van der Waals surface area contributed by atoms with E-state index in [1.165, 1.54) is 0 Å². The Hall–Kier alpha value is -0.610. The van der Waals surface area contributed by atoms with Crippen LogP contribution in [0.15, 0.2) is 0 Å². The summed E-state index contributed by atoms with van der Waals surface area (Å²) in [5.41, 5.74) is 7.90. The number of nitrogens with one attached hydrogen (secondary N) is 1. The SMILES string of the molecule is CCONC(=O)[C@@H](N)[C@@H](C)CC. The summed E-state index contributed by atoms with van der Waals surface area (Å²) in [7, 11) is 0.